The zero-order chi connectivity index (χ0) is 56.5. The predicted octanol–water partition coefficient (Wildman–Crippen LogP) is 19.0. The second-order valence-electron chi connectivity index (χ2n) is 21.3. The highest BCUT2D eigenvalue weighted by molar-refractivity contribution is 5.87. The van der Waals surface area contributed by atoms with Gasteiger partial charge >= 0.3 is 0 Å². The fourth-order valence-electron chi connectivity index (χ4n) is 9.44. The molecule has 78 heavy (non-hydrogen) atoms. The molecule has 0 aliphatic carbocycles. The fraction of sp³-hybridized carbons (Fsp3) is 0.250. The molecule has 0 saturated heterocycles. The molecule has 0 aliphatic heterocycles. The Balaban J connectivity index is 0.000000136. The lowest BCUT2D eigenvalue weighted by atomic mass is 10.0. The molecule has 0 amide bonds. The Bertz CT molecular complexity index is 4070. The number of para-hydroxylation sites is 2. The second-order valence-corrected chi connectivity index (χ2v) is 21.3. The normalized spacial score (nSPS) is 10.7. The number of rotatable bonds is 0. The maximum absolute atomic E-state index is 4.57. The smallest absolute Gasteiger partial charge is 0.0734 e. The van der Waals surface area contributed by atoms with Crippen molar-refractivity contribution in [2.45, 2.75) is 125 Å². The van der Waals surface area contributed by atoms with Crippen LogP contribution in [-0.2, 0) is 0 Å². The van der Waals surface area contributed by atoms with Crippen LogP contribution >= 0.6 is 0 Å². The molecule has 6 heterocycles. The lowest BCUT2D eigenvalue weighted by molar-refractivity contribution is 1.17. The van der Waals surface area contributed by atoms with Crippen LogP contribution in [0.3, 0.4) is 0 Å². The summed E-state index contributed by atoms with van der Waals surface area (Å²) in [5, 5.41) is 7.59. The van der Waals surface area contributed by atoms with Crippen LogP contribution in [0.4, 0.5) is 0 Å². The van der Waals surface area contributed by atoms with Crippen molar-refractivity contribution in [3.63, 3.8) is 0 Å². The van der Waals surface area contributed by atoms with Gasteiger partial charge in [-0.3, -0.25) is 29.9 Å². The van der Waals surface area contributed by atoms with Gasteiger partial charge in [-0.1, -0.05) is 84.4 Å². The van der Waals surface area contributed by atoms with E-state index in [1.54, 1.807) is 0 Å². The number of aryl methyl sites for hydroxylation is 17. The van der Waals surface area contributed by atoms with E-state index in [-0.39, 0.29) is 0 Å². The van der Waals surface area contributed by atoms with Crippen molar-refractivity contribution in [2.75, 3.05) is 0 Å². The van der Waals surface area contributed by atoms with Crippen LogP contribution in [0.5, 0.6) is 0 Å². The van der Waals surface area contributed by atoms with E-state index in [0.29, 0.717) is 0 Å². The third-order valence-corrected chi connectivity index (χ3v) is 15.3. The SMILES string of the molecule is Cc1cc2cccc(C)c2nc1C.Cc1ccc2c(C)c(C)cnc2c1.Cc1ccc2cc(C)c(C)nc2c1.Cc1ccc2ncc(C)c(C)c2c1.Cc1cnc2cccc(C)c2c1C.Cc1nc2ccccc2c(C)c1C. The first kappa shape index (κ1) is 57.5. The molecule has 0 spiro atoms. The monoisotopic (exact) mass is 1030 g/mol. The largest absolute Gasteiger partial charge is 0.256 e. The number of hydrogen-bond acceptors (Lipinski definition) is 6. The van der Waals surface area contributed by atoms with Crippen molar-refractivity contribution < 1.29 is 0 Å². The number of hydrogen-bond donors (Lipinski definition) is 0. The van der Waals surface area contributed by atoms with Gasteiger partial charge in [-0.2, -0.15) is 0 Å². The Morgan fingerprint density at radius 3 is 1.46 bits per heavy atom. The molecule has 6 aromatic heterocycles. The third kappa shape index (κ3) is 13.7. The number of benzene rings is 6. The Morgan fingerprint density at radius 2 is 0.756 bits per heavy atom. The Labute approximate surface area is 464 Å². The quantitative estimate of drug-likeness (QED) is 0.151. The summed E-state index contributed by atoms with van der Waals surface area (Å²) in [5.41, 5.74) is 29.4. The van der Waals surface area contributed by atoms with Crippen LogP contribution in [0, 0.1) is 125 Å². The van der Waals surface area contributed by atoms with Crippen LogP contribution in [-0.4, -0.2) is 29.9 Å². The number of fused-ring (bicyclic) bond motifs is 6. The molecule has 0 fully saturated rings. The Morgan fingerprint density at radius 1 is 0.256 bits per heavy atom. The predicted molar refractivity (Wildman–Crippen MR) is 336 cm³/mol. The summed E-state index contributed by atoms with van der Waals surface area (Å²) >= 11 is 0. The van der Waals surface area contributed by atoms with Gasteiger partial charge in [0, 0.05) is 68.0 Å². The van der Waals surface area contributed by atoms with Crippen LogP contribution < -0.4 is 0 Å². The first-order valence-electron chi connectivity index (χ1n) is 27.1. The molecule has 0 bridgehead atoms. The third-order valence-electron chi connectivity index (χ3n) is 15.3. The first-order valence-corrected chi connectivity index (χ1v) is 27.1. The highest BCUT2D eigenvalue weighted by atomic mass is 14.7. The minimum atomic E-state index is 1.09. The highest BCUT2D eigenvalue weighted by Crippen LogP contribution is 2.25. The Kier molecular flexibility index (Phi) is 18.6. The van der Waals surface area contributed by atoms with E-state index in [9.17, 15) is 0 Å². The van der Waals surface area contributed by atoms with Crippen molar-refractivity contribution >= 4 is 65.4 Å². The van der Waals surface area contributed by atoms with E-state index in [2.05, 4.69) is 276 Å². The lowest BCUT2D eigenvalue weighted by Gasteiger charge is -2.07. The second kappa shape index (κ2) is 25.3. The zero-order valence-electron chi connectivity index (χ0n) is 49.5. The molecule has 6 nitrogen and oxygen atoms in total. The zero-order valence-corrected chi connectivity index (χ0v) is 49.5. The van der Waals surface area contributed by atoms with Gasteiger partial charge in [0.1, 0.15) is 0 Å². The summed E-state index contributed by atoms with van der Waals surface area (Å²) in [6.45, 7) is 38.0. The van der Waals surface area contributed by atoms with Crippen LogP contribution in [0.1, 0.15) is 101 Å². The maximum Gasteiger partial charge on any atom is 0.0734 e. The minimum Gasteiger partial charge on any atom is -0.256 e. The molecule has 12 rings (SSSR count). The standard InChI is InChI=1S/6C12H13N/c1-8-4-5-12-11(6-8)10(3)9(2)7-13-12;1-8-4-5-11-10(3)9(2)7-13-12(11)6-8;1-8-4-5-11-7-9(2)10(3)13-12(11)6-8;1-8-5-4-6-11-12(8)10(3)9(2)7-13-11;1-8-5-4-6-11-7-9(2)10(3)13-12(8)11;1-8-9(2)11-6-4-5-7-12(11)13-10(8)3/h6*4-7H,1-3H3. The summed E-state index contributed by atoms with van der Waals surface area (Å²) in [5.74, 6) is 0. The number of nitrogens with zero attached hydrogens (tertiary/aromatic N) is 6. The Hall–Kier alpha value is -8.22. The van der Waals surface area contributed by atoms with Crippen molar-refractivity contribution in [2.24, 2.45) is 0 Å². The van der Waals surface area contributed by atoms with Crippen LogP contribution in [0.2, 0.25) is 0 Å². The topological polar surface area (TPSA) is 77.3 Å². The van der Waals surface area contributed by atoms with E-state index in [4.69, 9.17) is 0 Å². The molecule has 6 aromatic carbocycles. The molecule has 0 atom stereocenters. The molecule has 396 valence electrons. The molecule has 12 aromatic rings. The van der Waals surface area contributed by atoms with Gasteiger partial charge in [-0.25, -0.2) is 0 Å². The van der Waals surface area contributed by atoms with Crippen LogP contribution in [0.15, 0.2) is 146 Å². The summed E-state index contributed by atoms with van der Waals surface area (Å²) in [4.78, 5) is 26.8. The van der Waals surface area contributed by atoms with Crippen molar-refractivity contribution in [1.82, 2.24) is 29.9 Å². The van der Waals surface area contributed by atoms with Gasteiger partial charge in [0.15, 0.2) is 0 Å². The molecular weight excluding hydrogens is 949 g/mol. The maximum atomic E-state index is 4.57. The summed E-state index contributed by atoms with van der Waals surface area (Å²) in [7, 11) is 0. The molecule has 6 heteroatoms. The molecule has 0 unspecified atom stereocenters. The molecular formula is C72H78N6. The van der Waals surface area contributed by atoms with Crippen molar-refractivity contribution in [1.29, 1.82) is 0 Å². The highest BCUT2D eigenvalue weighted by Gasteiger charge is 2.07. The van der Waals surface area contributed by atoms with Crippen molar-refractivity contribution in [3.05, 3.63) is 247 Å². The van der Waals surface area contributed by atoms with Gasteiger partial charge in [-0.15, -0.1) is 0 Å². The minimum absolute atomic E-state index is 1.09. The van der Waals surface area contributed by atoms with E-state index in [1.165, 1.54) is 116 Å². The average Bonchev–Trinajstić information content (AvgIpc) is 3.42. The van der Waals surface area contributed by atoms with E-state index >= 15 is 0 Å². The fourth-order valence-corrected chi connectivity index (χ4v) is 9.44. The summed E-state index contributed by atoms with van der Waals surface area (Å²) in [6.07, 6.45) is 5.82. The van der Waals surface area contributed by atoms with Crippen molar-refractivity contribution in [3.8, 4) is 0 Å². The van der Waals surface area contributed by atoms with Crippen LogP contribution in [0.25, 0.3) is 65.4 Å². The van der Waals surface area contributed by atoms with Gasteiger partial charge < -0.3 is 0 Å². The summed E-state index contributed by atoms with van der Waals surface area (Å²) in [6, 6.07) is 44.4. The first-order chi connectivity index (χ1) is 37.1. The molecule has 0 radical (unpaired) electrons. The van der Waals surface area contributed by atoms with E-state index in [0.717, 1.165) is 50.2 Å². The molecule has 0 N–H and O–H groups in total. The molecule has 0 saturated carbocycles. The lowest BCUT2D eigenvalue weighted by Crippen LogP contribution is -1.92. The van der Waals surface area contributed by atoms with E-state index in [1.807, 2.05) is 24.7 Å². The van der Waals surface area contributed by atoms with Gasteiger partial charge in [0.25, 0.3) is 0 Å². The van der Waals surface area contributed by atoms with E-state index < -0.39 is 0 Å². The molecule has 0 aliphatic rings. The van der Waals surface area contributed by atoms with Gasteiger partial charge in [0.2, 0.25) is 0 Å². The number of aromatic nitrogens is 6. The number of pyridine rings is 6. The van der Waals surface area contributed by atoms with Gasteiger partial charge in [-0.05, 0) is 251 Å². The summed E-state index contributed by atoms with van der Waals surface area (Å²) < 4.78 is 0. The van der Waals surface area contributed by atoms with Gasteiger partial charge in [0.05, 0.1) is 33.1 Å². The average molecular weight is 1030 g/mol.